The fourth-order valence-corrected chi connectivity index (χ4v) is 5.46. The topological polar surface area (TPSA) is 50.5 Å². The molecule has 0 spiro atoms. The highest BCUT2D eigenvalue weighted by Gasteiger charge is 2.42. The van der Waals surface area contributed by atoms with Gasteiger partial charge in [-0.3, -0.25) is 4.79 Å². The van der Waals surface area contributed by atoms with E-state index in [0.717, 1.165) is 49.3 Å². The average Bonchev–Trinajstić information content (AvgIpc) is 3.48. The Morgan fingerprint density at radius 1 is 1.09 bits per heavy atom. The van der Waals surface area contributed by atoms with E-state index in [1.54, 1.807) is 12.3 Å². The summed E-state index contributed by atoms with van der Waals surface area (Å²) < 4.78 is 1.84. The van der Waals surface area contributed by atoms with Crippen LogP contribution in [0.2, 0.25) is 10.0 Å². The zero-order valence-corrected chi connectivity index (χ0v) is 20.0. The van der Waals surface area contributed by atoms with Gasteiger partial charge in [-0.15, -0.1) is 0 Å². The summed E-state index contributed by atoms with van der Waals surface area (Å²) in [4.78, 5) is 20.8. The average molecular weight is 481 g/mol. The second-order valence-electron chi connectivity index (χ2n) is 8.84. The molecule has 2 aliphatic rings. The van der Waals surface area contributed by atoms with Crippen molar-refractivity contribution in [2.24, 2.45) is 10.9 Å². The number of nitrogens with zero attached hydrogens (tertiary/aromatic N) is 4. The maximum Gasteiger partial charge on any atom is 0.234 e. The molecule has 3 unspecified atom stereocenters. The second kappa shape index (κ2) is 9.32. The lowest BCUT2D eigenvalue weighted by Crippen LogP contribution is -2.46. The summed E-state index contributed by atoms with van der Waals surface area (Å²) in [6, 6.07) is 17.8. The number of rotatable bonds is 5. The third-order valence-electron chi connectivity index (χ3n) is 6.79. The number of benzene rings is 2. The Kier molecular flexibility index (Phi) is 6.26. The number of aryl methyl sites for hydroxylation is 1. The third-order valence-corrected chi connectivity index (χ3v) is 7.53. The molecule has 0 aliphatic carbocycles. The smallest absolute Gasteiger partial charge is 0.234 e. The number of hydrogen-bond donors (Lipinski definition) is 0. The van der Waals surface area contributed by atoms with Crippen molar-refractivity contribution in [3.8, 4) is 0 Å². The molecule has 2 aromatic carbocycles. The molecule has 170 valence electrons. The summed E-state index contributed by atoms with van der Waals surface area (Å²) in [5.74, 6) is 0.422. The van der Waals surface area contributed by atoms with Crippen LogP contribution >= 0.6 is 23.2 Å². The zero-order chi connectivity index (χ0) is 22.9. The molecule has 0 radical (unpaired) electrons. The molecular weight excluding hydrogens is 455 g/mol. The van der Waals surface area contributed by atoms with Crippen LogP contribution in [0.1, 0.15) is 43.4 Å². The van der Waals surface area contributed by atoms with Crippen molar-refractivity contribution in [3.05, 3.63) is 82.0 Å². The van der Waals surface area contributed by atoms with Gasteiger partial charge in [-0.2, -0.15) is 5.10 Å². The minimum absolute atomic E-state index is 0.115. The summed E-state index contributed by atoms with van der Waals surface area (Å²) in [6.45, 7) is 2.72. The lowest BCUT2D eigenvalue weighted by atomic mass is 9.86. The minimum Gasteiger partial charge on any atom is -0.339 e. The van der Waals surface area contributed by atoms with Gasteiger partial charge < -0.3 is 4.90 Å². The van der Waals surface area contributed by atoms with Crippen LogP contribution in [-0.2, 0) is 11.2 Å². The van der Waals surface area contributed by atoms with E-state index >= 15 is 0 Å². The van der Waals surface area contributed by atoms with Gasteiger partial charge in [0.25, 0.3) is 0 Å². The predicted octanol–water partition coefficient (Wildman–Crippen LogP) is 6.13. The van der Waals surface area contributed by atoms with Crippen molar-refractivity contribution in [2.75, 3.05) is 6.54 Å². The number of hydrogen-bond acceptors (Lipinski definition) is 3. The Balaban J connectivity index is 1.45. The van der Waals surface area contributed by atoms with Crippen molar-refractivity contribution >= 4 is 40.6 Å². The molecule has 1 amide bonds. The molecule has 0 saturated carbocycles. The van der Waals surface area contributed by atoms with Gasteiger partial charge in [-0.05, 0) is 55.9 Å². The predicted molar refractivity (Wildman–Crippen MR) is 133 cm³/mol. The minimum atomic E-state index is -0.438. The molecule has 0 N–H and O–H groups in total. The Morgan fingerprint density at radius 2 is 1.91 bits per heavy atom. The molecule has 33 heavy (non-hydrogen) atoms. The van der Waals surface area contributed by atoms with E-state index in [0.29, 0.717) is 10.0 Å². The second-order valence-corrected chi connectivity index (χ2v) is 9.65. The largest absolute Gasteiger partial charge is 0.339 e. The van der Waals surface area contributed by atoms with Gasteiger partial charge in [0.1, 0.15) is 5.92 Å². The number of carbonyl (C=O) groups excluding carboxylic acids is 1. The van der Waals surface area contributed by atoms with Crippen molar-refractivity contribution in [3.63, 3.8) is 0 Å². The third kappa shape index (κ3) is 4.32. The number of fused-ring (bicyclic) bond motifs is 1. The van der Waals surface area contributed by atoms with E-state index in [1.165, 1.54) is 5.56 Å². The fourth-order valence-electron chi connectivity index (χ4n) is 5.16. The van der Waals surface area contributed by atoms with E-state index in [2.05, 4.69) is 34.3 Å². The van der Waals surface area contributed by atoms with Crippen molar-refractivity contribution < 1.29 is 4.79 Å². The molecule has 7 heteroatoms. The molecule has 0 bridgehead atoms. The maximum absolute atomic E-state index is 14.0. The van der Waals surface area contributed by atoms with Gasteiger partial charge in [-0.1, -0.05) is 59.6 Å². The molecule has 1 saturated heterocycles. The van der Waals surface area contributed by atoms with Crippen LogP contribution in [-0.4, -0.2) is 38.9 Å². The van der Waals surface area contributed by atoms with E-state index < -0.39 is 5.92 Å². The first kappa shape index (κ1) is 22.2. The summed E-state index contributed by atoms with van der Waals surface area (Å²) in [6.07, 6.45) is 5.71. The van der Waals surface area contributed by atoms with Crippen molar-refractivity contribution in [1.82, 2.24) is 14.7 Å². The molecule has 5 nitrogen and oxygen atoms in total. The van der Waals surface area contributed by atoms with Crippen molar-refractivity contribution in [1.29, 1.82) is 0 Å². The first-order chi connectivity index (χ1) is 16.0. The van der Waals surface area contributed by atoms with Crippen LogP contribution in [0.4, 0.5) is 5.82 Å². The van der Waals surface area contributed by atoms with Gasteiger partial charge in [0, 0.05) is 24.4 Å². The number of aromatic nitrogens is 2. The standard InChI is InChI=1S/C26H26Cl2N4O/c1-17-24(26(33)31-15-5-8-20(31)11-9-18-6-3-2-4-7-18)25(32-23(30-17)13-14-29-32)19-10-12-21(27)22(28)16-19/h2-4,6-7,10,12-14,16,20,24-25H,5,8-9,11,15H2,1H3. The van der Waals surface area contributed by atoms with E-state index in [1.807, 2.05) is 35.9 Å². The van der Waals surface area contributed by atoms with Gasteiger partial charge in [0.15, 0.2) is 5.82 Å². The zero-order valence-electron chi connectivity index (χ0n) is 18.5. The van der Waals surface area contributed by atoms with E-state index in [9.17, 15) is 4.79 Å². The normalized spacial score (nSPS) is 22.2. The van der Waals surface area contributed by atoms with E-state index in [-0.39, 0.29) is 18.0 Å². The number of likely N-dealkylation sites (tertiary alicyclic amines) is 1. The number of carbonyl (C=O) groups is 1. The lowest BCUT2D eigenvalue weighted by molar-refractivity contribution is -0.135. The first-order valence-electron chi connectivity index (χ1n) is 11.4. The molecule has 2 aliphatic heterocycles. The highest BCUT2D eigenvalue weighted by molar-refractivity contribution is 6.42. The summed E-state index contributed by atoms with van der Waals surface area (Å²) in [5, 5.41) is 5.48. The number of amides is 1. The fraction of sp³-hybridized carbons (Fsp3) is 0.346. The molecule has 1 fully saturated rings. The summed E-state index contributed by atoms with van der Waals surface area (Å²) in [7, 11) is 0. The molecule has 3 aromatic rings. The molecule has 3 atom stereocenters. The van der Waals surface area contributed by atoms with Crippen molar-refractivity contribution in [2.45, 2.75) is 44.7 Å². The van der Waals surface area contributed by atoms with Gasteiger partial charge >= 0.3 is 0 Å². The lowest BCUT2D eigenvalue weighted by Gasteiger charge is -2.35. The quantitative estimate of drug-likeness (QED) is 0.441. The summed E-state index contributed by atoms with van der Waals surface area (Å²) >= 11 is 12.5. The first-order valence-corrected chi connectivity index (χ1v) is 12.2. The van der Waals surface area contributed by atoms with Gasteiger partial charge in [0.2, 0.25) is 5.91 Å². The molecule has 3 heterocycles. The molecule has 5 rings (SSSR count). The number of aliphatic imine (C=N–C) groups is 1. The Bertz CT molecular complexity index is 1190. The number of halogens is 2. The van der Waals surface area contributed by atoms with Gasteiger partial charge in [-0.25, -0.2) is 9.67 Å². The SMILES string of the molecule is CC1=Nc2ccnn2C(c2ccc(Cl)c(Cl)c2)C1C(=O)N1CCCC1CCc1ccccc1. The monoisotopic (exact) mass is 480 g/mol. The van der Waals surface area contributed by atoms with Crippen LogP contribution < -0.4 is 0 Å². The van der Waals surface area contributed by atoms with Gasteiger partial charge in [0.05, 0.1) is 22.3 Å². The Hall–Kier alpha value is -2.63. The van der Waals surface area contributed by atoms with E-state index in [4.69, 9.17) is 28.2 Å². The Labute approximate surface area is 204 Å². The van der Waals surface area contributed by atoms with Crippen LogP contribution in [0.5, 0.6) is 0 Å². The van der Waals surface area contributed by atoms with Crippen LogP contribution in [0, 0.1) is 5.92 Å². The maximum atomic E-state index is 14.0. The van der Waals surface area contributed by atoms with Crippen LogP contribution in [0.25, 0.3) is 0 Å². The van der Waals surface area contributed by atoms with Crippen LogP contribution in [0.15, 0.2) is 65.8 Å². The van der Waals surface area contributed by atoms with Crippen LogP contribution in [0.3, 0.4) is 0 Å². The molecule has 1 aromatic heterocycles. The highest BCUT2D eigenvalue weighted by Crippen LogP contribution is 2.40. The Morgan fingerprint density at radius 3 is 2.70 bits per heavy atom. The highest BCUT2D eigenvalue weighted by atomic mass is 35.5. The summed E-state index contributed by atoms with van der Waals surface area (Å²) in [5.41, 5.74) is 3.02. The molecular formula is C26H26Cl2N4O.